The van der Waals surface area contributed by atoms with Crippen LogP contribution in [0.3, 0.4) is 0 Å². The van der Waals surface area contributed by atoms with Crippen molar-refractivity contribution in [2.24, 2.45) is 5.73 Å². The fourth-order valence-electron chi connectivity index (χ4n) is 7.86. The first-order valence-corrected chi connectivity index (χ1v) is 19.3. The molecule has 268 valence electrons. The molecule has 3 aromatic carbocycles. The van der Waals surface area contributed by atoms with E-state index in [9.17, 15) is 27.4 Å². The van der Waals surface area contributed by atoms with Gasteiger partial charge in [0.2, 0.25) is 22.5 Å². The Bertz CT molecular complexity index is 2080. The Hall–Kier alpha value is -3.93. The molecular weight excluding hydrogens is 653 g/mol. The highest BCUT2D eigenvalue weighted by Crippen LogP contribution is 2.46. The second-order valence-electron chi connectivity index (χ2n) is 14.3. The highest BCUT2D eigenvalue weighted by Gasteiger charge is 2.48. The number of anilines is 1. The van der Waals surface area contributed by atoms with Gasteiger partial charge in [0.05, 0.1) is 26.8 Å². The van der Waals surface area contributed by atoms with Crippen molar-refractivity contribution in [1.82, 2.24) is 5.32 Å². The van der Waals surface area contributed by atoms with Gasteiger partial charge in [0.15, 0.2) is 5.71 Å². The molecule has 2 aliphatic heterocycles. The van der Waals surface area contributed by atoms with Crippen molar-refractivity contribution in [1.29, 1.82) is 0 Å². The Morgan fingerprint density at radius 2 is 1.72 bits per heavy atom. The number of carbonyl (C=O) groups is 1. The average Bonchev–Trinajstić information content (AvgIpc) is 3.45. The first kappa shape index (κ1) is 37.3. The number of para-hydroxylation sites is 1. The number of carbonyl (C=O) groups excluding carboxylic acids is 1. The number of hydrogen-bond acceptors (Lipinski definition) is 7. The van der Waals surface area contributed by atoms with Crippen LogP contribution in [0.4, 0.5) is 11.4 Å². The van der Waals surface area contributed by atoms with Crippen LogP contribution in [0, 0.1) is 0 Å². The van der Waals surface area contributed by atoms with Gasteiger partial charge in [0.1, 0.15) is 6.54 Å². The van der Waals surface area contributed by atoms with Crippen LogP contribution in [0.5, 0.6) is 0 Å². The molecule has 0 fully saturated rings. The first-order valence-electron chi connectivity index (χ1n) is 17.8. The summed E-state index contributed by atoms with van der Waals surface area (Å²) in [5.74, 6) is -0.0498. The summed E-state index contributed by atoms with van der Waals surface area (Å²) in [4.78, 5) is 41.9. The molecule has 0 aromatic heterocycles. The molecule has 0 bridgehead atoms. The highest BCUT2D eigenvalue weighted by atomic mass is 32.2. The molecule has 0 spiro atoms. The highest BCUT2D eigenvalue weighted by molar-refractivity contribution is 7.85. The van der Waals surface area contributed by atoms with Crippen LogP contribution in [0.15, 0.2) is 56.9 Å². The second-order valence-corrected chi connectivity index (χ2v) is 15.8. The van der Waals surface area contributed by atoms with Gasteiger partial charge in [-0.2, -0.15) is 13.0 Å². The van der Waals surface area contributed by atoms with E-state index in [1.165, 1.54) is 17.7 Å². The minimum atomic E-state index is -4.48. The van der Waals surface area contributed by atoms with Crippen LogP contribution >= 0.6 is 0 Å². The molecule has 2 atom stereocenters. The Kier molecular flexibility index (Phi) is 11.0. The normalized spacial score (nSPS) is 19.5. The van der Waals surface area contributed by atoms with Crippen molar-refractivity contribution >= 4 is 45.3 Å². The van der Waals surface area contributed by atoms with Crippen molar-refractivity contribution in [2.75, 3.05) is 31.1 Å². The van der Waals surface area contributed by atoms with E-state index in [2.05, 4.69) is 54.6 Å². The molecule has 11 heteroatoms. The number of nitrogens with zero attached hydrogens (tertiary/aromatic N) is 2. The fraction of sp³-hybridized carbons (Fsp3) is 0.487. The lowest BCUT2D eigenvalue weighted by molar-refractivity contribution is -0.437. The summed E-state index contributed by atoms with van der Waals surface area (Å²) in [5.41, 5.74) is 8.39. The molecule has 0 radical (unpaired) electrons. The van der Waals surface area contributed by atoms with E-state index in [-0.39, 0.29) is 43.6 Å². The standard InChI is InChI=1S/C39H50N4O6S/c1-6-8-22-43-32-18-17-26(50(47,48)49)23-30(32)39(5,19-13-9-10-16-35(44)41-21-20-40)34(43)25-28-36(45)27(37(28)46)24-33-38(3,4)29-14-11-12-15-31(29)42(33)7-2/h11-12,14-15,17-18,23-25,33H,6-10,13,16,19-22,40H2,1-5H3,(H-,41,44,47,48,49)/p+1. The Balaban J connectivity index is 1.57. The summed E-state index contributed by atoms with van der Waals surface area (Å²) in [6.45, 7) is 12.6. The van der Waals surface area contributed by atoms with Crippen LogP contribution in [-0.4, -0.2) is 61.4 Å². The number of rotatable bonds is 15. The molecule has 10 nitrogen and oxygen atoms in total. The van der Waals surface area contributed by atoms with Crippen molar-refractivity contribution in [3.05, 3.63) is 84.5 Å². The largest absolute Gasteiger partial charge is 0.364 e. The zero-order valence-corrected chi connectivity index (χ0v) is 30.7. The summed E-state index contributed by atoms with van der Waals surface area (Å²) < 4.78 is 36.6. The van der Waals surface area contributed by atoms with Crippen molar-refractivity contribution in [2.45, 2.75) is 101 Å². The number of fused-ring (bicyclic) bond motifs is 2. The van der Waals surface area contributed by atoms with Crippen LogP contribution in [0.2, 0.25) is 0 Å². The minimum Gasteiger partial charge on any atom is -0.364 e. The van der Waals surface area contributed by atoms with Crippen LogP contribution in [0.25, 0.3) is 12.2 Å². The maximum Gasteiger partial charge on any atom is 0.294 e. The van der Waals surface area contributed by atoms with Gasteiger partial charge in [-0.15, -0.1) is 0 Å². The van der Waals surface area contributed by atoms with Gasteiger partial charge in [0, 0.05) is 61.3 Å². The number of nitrogens with one attached hydrogen (secondary N) is 1. The van der Waals surface area contributed by atoms with Gasteiger partial charge in [-0.3, -0.25) is 18.9 Å². The number of likely N-dealkylation sites (N-methyl/N-ethyl adjacent to an activating group) is 1. The minimum absolute atomic E-state index is 0.0498. The maximum atomic E-state index is 13.9. The third kappa shape index (κ3) is 6.87. The summed E-state index contributed by atoms with van der Waals surface area (Å²) in [6, 6.07) is 12.7. The van der Waals surface area contributed by atoms with Gasteiger partial charge >= 0.3 is 0 Å². The van der Waals surface area contributed by atoms with E-state index < -0.39 is 15.5 Å². The second kappa shape index (κ2) is 14.7. The molecule has 5 rings (SSSR count). The Morgan fingerprint density at radius 1 is 1.00 bits per heavy atom. The third-order valence-corrected chi connectivity index (χ3v) is 11.5. The monoisotopic (exact) mass is 703 g/mol. The molecular formula is C39H51N4O6S+. The number of benzene rings is 2. The summed E-state index contributed by atoms with van der Waals surface area (Å²) in [7, 11) is -4.48. The molecule has 4 N–H and O–H groups in total. The van der Waals surface area contributed by atoms with Gasteiger partial charge in [-0.05, 0) is 56.5 Å². The van der Waals surface area contributed by atoms with E-state index in [0.29, 0.717) is 45.3 Å². The molecule has 1 amide bonds. The molecule has 50 heavy (non-hydrogen) atoms. The van der Waals surface area contributed by atoms with E-state index in [4.69, 9.17) is 5.73 Å². The molecule has 0 aliphatic carbocycles. The molecule has 2 aliphatic rings. The fourth-order valence-corrected chi connectivity index (χ4v) is 8.37. The Labute approximate surface area is 294 Å². The predicted octanol–water partition coefficient (Wildman–Crippen LogP) is 3.16. The van der Waals surface area contributed by atoms with Gasteiger partial charge in [-0.25, -0.2) is 0 Å². The smallest absolute Gasteiger partial charge is 0.294 e. The number of unbranched alkanes of at least 4 members (excludes halogenated alkanes) is 3. The van der Waals surface area contributed by atoms with Gasteiger partial charge in [-0.1, -0.05) is 58.2 Å². The average molecular weight is 704 g/mol. The third-order valence-electron chi connectivity index (χ3n) is 10.7. The van der Waals surface area contributed by atoms with Gasteiger partial charge in [0.25, 0.3) is 10.1 Å². The van der Waals surface area contributed by atoms with Crippen molar-refractivity contribution in [3.63, 3.8) is 0 Å². The number of amides is 1. The lowest BCUT2D eigenvalue weighted by atomic mass is 9.75. The van der Waals surface area contributed by atoms with Crippen molar-refractivity contribution < 1.29 is 22.3 Å². The predicted molar refractivity (Wildman–Crippen MR) is 199 cm³/mol. The summed E-state index contributed by atoms with van der Waals surface area (Å²) >= 11 is 0. The van der Waals surface area contributed by atoms with Crippen LogP contribution in [0.1, 0.15) is 90.7 Å². The first-order chi connectivity index (χ1) is 23.7. The molecule has 2 heterocycles. The molecule has 0 saturated heterocycles. The van der Waals surface area contributed by atoms with Crippen LogP contribution < -0.4 is 37.2 Å². The van der Waals surface area contributed by atoms with Gasteiger partial charge < -0.3 is 16.0 Å². The zero-order chi connectivity index (χ0) is 36.4. The summed E-state index contributed by atoms with van der Waals surface area (Å²) in [5, 5.41) is 3.10. The molecule has 0 saturated carbocycles. The molecule has 3 aromatic rings. The van der Waals surface area contributed by atoms with E-state index >= 15 is 0 Å². The van der Waals surface area contributed by atoms with E-state index in [0.717, 1.165) is 48.5 Å². The van der Waals surface area contributed by atoms with E-state index in [1.54, 1.807) is 12.1 Å². The van der Waals surface area contributed by atoms with Crippen LogP contribution in [-0.2, 0) is 25.7 Å². The topological polar surface area (TPSA) is 150 Å². The van der Waals surface area contributed by atoms with Crippen molar-refractivity contribution in [3.8, 4) is 0 Å². The van der Waals surface area contributed by atoms with E-state index in [1.807, 2.05) is 25.1 Å². The lowest BCUT2D eigenvalue weighted by Crippen LogP contribution is -2.66. The zero-order valence-electron chi connectivity index (χ0n) is 29.9. The number of hydrogen-bond donors (Lipinski definition) is 3. The lowest BCUT2D eigenvalue weighted by Gasteiger charge is -2.31. The maximum absolute atomic E-state index is 13.9. The summed E-state index contributed by atoms with van der Waals surface area (Å²) in [6.07, 6.45) is 8.37. The quantitative estimate of drug-likeness (QED) is 0.124. The Morgan fingerprint density at radius 3 is 2.38 bits per heavy atom. The number of nitrogens with two attached hydrogens (primary N) is 1. The molecule has 2 unspecified atom stereocenters. The SMILES string of the molecule is CCCC[N+]1=C(C=c2c(=O)c(=CC3N(CC)c4ccccc4C3(C)C)c2=O)C(C)(CCCCCC(=O)NCCN)c2cc(S(=O)(=O)O)ccc21.